The fourth-order valence-electron chi connectivity index (χ4n) is 2.77. The van der Waals surface area contributed by atoms with Crippen molar-refractivity contribution in [2.75, 3.05) is 34.4 Å². The molecule has 0 bridgehead atoms. The van der Waals surface area contributed by atoms with Gasteiger partial charge in [-0.05, 0) is 24.5 Å². The van der Waals surface area contributed by atoms with Gasteiger partial charge in [0.2, 0.25) is 11.7 Å². The Hall–Kier alpha value is -1.66. The molecule has 0 aliphatic carbocycles. The molecular weight excluding hydrogens is 320 g/mol. The minimum absolute atomic E-state index is 0. The molecule has 1 aromatic rings. The summed E-state index contributed by atoms with van der Waals surface area (Å²) in [5, 5.41) is 0. The second-order valence-corrected chi connectivity index (χ2v) is 5.38. The quantitative estimate of drug-likeness (QED) is 0.849. The van der Waals surface area contributed by atoms with Gasteiger partial charge in [-0.25, -0.2) is 0 Å². The van der Waals surface area contributed by atoms with Gasteiger partial charge in [0.15, 0.2) is 11.5 Å². The maximum absolute atomic E-state index is 12.2. The van der Waals surface area contributed by atoms with Gasteiger partial charge in [-0.15, -0.1) is 12.4 Å². The van der Waals surface area contributed by atoms with E-state index in [1.807, 2.05) is 17.0 Å². The molecule has 1 heterocycles. The van der Waals surface area contributed by atoms with Gasteiger partial charge < -0.3 is 24.8 Å². The highest BCUT2D eigenvalue weighted by Crippen LogP contribution is 2.40. The van der Waals surface area contributed by atoms with Crippen LogP contribution in [0.25, 0.3) is 0 Å². The number of aryl methyl sites for hydroxylation is 1. The molecule has 1 saturated heterocycles. The van der Waals surface area contributed by atoms with Crippen molar-refractivity contribution in [3.63, 3.8) is 0 Å². The summed E-state index contributed by atoms with van der Waals surface area (Å²) in [5.74, 6) is 1.91. The predicted molar refractivity (Wildman–Crippen MR) is 90.8 cm³/mol. The van der Waals surface area contributed by atoms with Crippen molar-refractivity contribution in [2.24, 2.45) is 5.73 Å². The first-order valence-electron chi connectivity index (χ1n) is 7.41. The Morgan fingerprint density at radius 3 is 2.43 bits per heavy atom. The Balaban J connectivity index is 0.00000264. The van der Waals surface area contributed by atoms with Crippen LogP contribution < -0.4 is 19.9 Å². The Bertz CT molecular complexity index is 539. The zero-order chi connectivity index (χ0) is 16.1. The lowest BCUT2D eigenvalue weighted by molar-refractivity contribution is -0.130. The molecule has 0 aromatic heterocycles. The maximum Gasteiger partial charge on any atom is 0.222 e. The normalized spacial score (nSPS) is 16.7. The van der Waals surface area contributed by atoms with Crippen molar-refractivity contribution in [3.05, 3.63) is 17.7 Å². The largest absolute Gasteiger partial charge is 0.493 e. The fraction of sp³-hybridized carbons (Fsp3) is 0.562. The molecule has 130 valence electrons. The van der Waals surface area contributed by atoms with Gasteiger partial charge in [0, 0.05) is 25.6 Å². The van der Waals surface area contributed by atoms with E-state index < -0.39 is 0 Å². The topological polar surface area (TPSA) is 74.0 Å². The van der Waals surface area contributed by atoms with E-state index in [4.69, 9.17) is 19.9 Å². The Kier molecular flexibility index (Phi) is 7.45. The zero-order valence-corrected chi connectivity index (χ0v) is 14.6. The summed E-state index contributed by atoms with van der Waals surface area (Å²) < 4.78 is 16.1. The summed E-state index contributed by atoms with van der Waals surface area (Å²) in [7, 11) is 4.74. The van der Waals surface area contributed by atoms with Crippen LogP contribution in [0.4, 0.5) is 0 Å². The van der Waals surface area contributed by atoms with Gasteiger partial charge in [0.1, 0.15) is 0 Å². The molecule has 2 rings (SSSR count). The molecule has 7 heteroatoms. The molecule has 1 aromatic carbocycles. The number of amides is 1. The molecular formula is C16H25ClN2O4. The number of likely N-dealkylation sites (tertiary alicyclic amines) is 1. The van der Waals surface area contributed by atoms with Crippen LogP contribution in [0.1, 0.15) is 18.4 Å². The van der Waals surface area contributed by atoms with E-state index in [-0.39, 0.29) is 24.4 Å². The molecule has 0 spiro atoms. The SMILES string of the molecule is COc1ccc(CCC(=O)N2CC[C@@H](N)C2)c(OC)c1OC.Cl. The van der Waals surface area contributed by atoms with Gasteiger partial charge in [0.05, 0.1) is 21.3 Å². The Morgan fingerprint density at radius 1 is 1.22 bits per heavy atom. The number of carbonyl (C=O) groups excluding carboxylic acids is 1. The van der Waals surface area contributed by atoms with Crippen molar-refractivity contribution in [3.8, 4) is 17.2 Å². The molecule has 1 atom stereocenters. The van der Waals surface area contributed by atoms with E-state index in [0.717, 1.165) is 18.5 Å². The maximum atomic E-state index is 12.2. The summed E-state index contributed by atoms with van der Waals surface area (Å²) in [6, 6.07) is 3.84. The summed E-state index contributed by atoms with van der Waals surface area (Å²) in [5.41, 5.74) is 6.77. The van der Waals surface area contributed by atoms with Gasteiger partial charge in [-0.2, -0.15) is 0 Å². The predicted octanol–water partition coefficient (Wildman–Crippen LogP) is 1.63. The van der Waals surface area contributed by atoms with Crippen LogP contribution in [0.5, 0.6) is 17.2 Å². The van der Waals surface area contributed by atoms with Crippen LogP contribution in [0.15, 0.2) is 12.1 Å². The first kappa shape index (κ1) is 19.4. The standard InChI is InChI=1S/C16H24N2O4.ClH/c1-20-13-6-4-11(15(21-2)16(13)22-3)5-7-14(19)18-9-8-12(17)10-18;/h4,6,12H,5,7-10,17H2,1-3H3;1H/t12-;/m1./s1. The lowest BCUT2D eigenvalue weighted by Crippen LogP contribution is -2.32. The number of nitrogens with zero attached hydrogens (tertiary/aromatic N) is 1. The minimum atomic E-state index is 0. The number of hydrogen-bond acceptors (Lipinski definition) is 5. The lowest BCUT2D eigenvalue weighted by Gasteiger charge is -2.18. The van der Waals surface area contributed by atoms with Crippen molar-refractivity contribution >= 4 is 18.3 Å². The van der Waals surface area contributed by atoms with Crippen molar-refractivity contribution in [2.45, 2.75) is 25.3 Å². The van der Waals surface area contributed by atoms with Crippen LogP contribution in [0, 0.1) is 0 Å². The van der Waals surface area contributed by atoms with Gasteiger partial charge in [0.25, 0.3) is 0 Å². The van der Waals surface area contributed by atoms with E-state index in [0.29, 0.717) is 36.6 Å². The van der Waals surface area contributed by atoms with Crippen molar-refractivity contribution in [1.82, 2.24) is 4.90 Å². The number of methoxy groups -OCH3 is 3. The first-order chi connectivity index (χ1) is 10.6. The molecule has 6 nitrogen and oxygen atoms in total. The second-order valence-electron chi connectivity index (χ2n) is 5.38. The minimum Gasteiger partial charge on any atom is -0.493 e. The highest BCUT2D eigenvalue weighted by molar-refractivity contribution is 5.85. The Morgan fingerprint density at radius 2 is 1.91 bits per heavy atom. The fourth-order valence-corrected chi connectivity index (χ4v) is 2.77. The van der Waals surface area contributed by atoms with E-state index in [2.05, 4.69) is 0 Å². The third-order valence-electron chi connectivity index (χ3n) is 3.97. The van der Waals surface area contributed by atoms with Gasteiger partial charge in [-0.3, -0.25) is 4.79 Å². The number of carbonyl (C=O) groups is 1. The molecule has 1 aliphatic heterocycles. The summed E-state index contributed by atoms with van der Waals surface area (Å²) in [6.45, 7) is 1.41. The molecule has 0 radical (unpaired) electrons. The molecule has 23 heavy (non-hydrogen) atoms. The molecule has 2 N–H and O–H groups in total. The van der Waals surface area contributed by atoms with Crippen molar-refractivity contribution < 1.29 is 19.0 Å². The van der Waals surface area contributed by atoms with E-state index in [1.165, 1.54) is 0 Å². The monoisotopic (exact) mass is 344 g/mol. The number of hydrogen-bond donors (Lipinski definition) is 1. The number of rotatable bonds is 6. The molecule has 0 unspecified atom stereocenters. The number of halogens is 1. The number of benzene rings is 1. The average molecular weight is 345 g/mol. The first-order valence-corrected chi connectivity index (χ1v) is 7.41. The second kappa shape index (κ2) is 8.84. The van der Waals surface area contributed by atoms with Crippen LogP contribution in [0.2, 0.25) is 0 Å². The van der Waals surface area contributed by atoms with Crippen LogP contribution in [-0.4, -0.2) is 51.3 Å². The third-order valence-corrected chi connectivity index (χ3v) is 3.97. The third kappa shape index (κ3) is 4.42. The Labute approximate surface area is 143 Å². The van der Waals surface area contributed by atoms with Crippen LogP contribution in [-0.2, 0) is 11.2 Å². The number of ether oxygens (including phenoxy) is 3. The zero-order valence-electron chi connectivity index (χ0n) is 13.8. The molecule has 1 amide bonds. The molecule has 0 saturated carbocycles. The van der Waals surface area contributed by atoms with Gasteiger partial charge >= 0.3 is 0 Å². The van der Waals surface area contributed by atoms with E-state index in [1.54, 1.807) is 21.3 Å². The lowest BCUT2D eigenvalue weighted by atomic mass is 10.1. The van der Waals surface area contributed by atoms with Crippen molar-refractivity contribution in [1.29, 1.82) is 0 Å². The smallest absolute Gasteiger partial charge is 0.222 e. The van der Waals surface area contributed by atoms with E-state index >= 15 is 0 Å². The van der Waals surface area contributed by atoms with Crippen LogP contribution in [0.3, 0.4) is 0 Å². The van der Waals surface area contributed by atoms with Crippen LogP contribution >= 0.6 is 12.4 Å². The molecule has 1 fully saturated rings. The van der Waals surface area contributed by atoms with Gasteiger partial charge in [-0.1, -0.05) is 6.07 Å². The highest BCUT2D eigenvalue weighted by atomic mass is 35.5. The molecule has 1 aliphatic rings. The summed E-state index contributed by atoms with van der Waals surface area (Å²) >= 11 is 0. The number of nitrogens with two attached hydrogens (primary N) is 1. The average Bonchev–Trinajstić information content (AvgIpc) is 2.97. The van der Waals surface area contributed by atoms with E-state index in [9.17, 15) is 4.79 Å². The summed E-state index contributed by atoms with van der Waals surface area (Å²) in [6.07, 6.45) is 1.90. The highest BCUT2D eigenvalue weighted by Gasteiger charge is 2.24. The summed E-state index contributed by atoms with van der Waals surface area (Å²) in [4.78, 5) is 14.0.